The van der Waals surface area contributed by atoms with Crippen LogP contribution in [0.3, 0.4) is 0 Å². The van der Waals surface area contributed by atoms with Crippen molar-refractivity contribution < 1.29 is 14.3 Å². The van der Waals surface area contributed by atoms with E-state index in [1.165, 1.54) is 0 Å². The number of hydrogen-bond donors (Lipinski definition) is 2. The first kappa shape index (κ1) is 16.4. The Balaban J connectivity index is 2.46. The minimum absolute atomic E-state index is 0.0331. The largest absolute Gasteiger partial charge is 0.483 e. The molecule has 1 aromatic rings. The Morgan fingerprint density at radius 1 is 1.45 bits per heavy atom. The lowest BCUT2D eigenvalue weighted by Crippen LogP contribution is -2.30. The van der Waals surface area contributed by atoms with E-state index in [0.717, 1.165) is 17.5 Å². The van der Waals surface area contributed by atoms with Gasteiger partial charge in [0.2, 0.25) is 0 Å². The van der Waals surface area contributed by atoms with Crippen LogP contribution in [0.5, 0.6) is 5.75 Å². The van der Waals surface area contributed by atoms with E-state index in [1.54, 1.807) is 13.2 Å². The fraction of sp³-hybridized carbons (Fsp3) is 0.429. The zero-order chi connectivity index (χ0) is 15.0. The van der Waals surface area contributed by atoms with E-state index in [1.807, 2.05) is 19.1 Å². The molecule has 0 atom stereocenters. The molecule has 1 amide bonds. The molecule has 0 saturated heterocycles. The molecule has 0 aromatic heterocycles. The monoisotopic (exact) mass is 296 g/mol. The van der Waals surface area contributed by atoms with Crippen LogP contribution in [-0.4, -0.2) is 37.8 Å². The Hall–Kier alpha value is -1.66. The number of nitrogens with one attached hydrogen (secondary N) is 1. The SMILES string of the molecule is COCCCNC(=O)COc1cc(C(N)=S)ccc1C. The topological polar surface area (TPSA) is 73.6 Å². The molecule has 0 fully saturated rings. The van der Waals surface area contributed by atoms with Gasteiger partial charge in [0, 0.05) is 25.8 Å². The quantitative estimate of drug-likeness (QED) is 0.556. The maximum absolute atomic E-state index is 11.6. The predicted molar refractivity (Wildman–Crippen MR) is 82.1 cm³/mol. The predicted octanol–water partition coefficient (Wildman–Crippen LogP) is 1.16. The highest BCUT2D eigenvalue weighted by Crippen LogP contribution is 2.19. The molecule has 0 spiro atoms. The van der Waals surface area contributed by atoms with Gasteiger partial charge in [-0.1, -0.05) is 24.4 Å². The minimum atomic E-state index is -0.166. The lowest BCUT2D eigenvalue weighted by atomic mass is 10.1. The van der Waals surface area contributed by atoms with Crippen LogP contribution in [0.2, 0.25) is 0 Å². The van der Waals surface area contributed by atoms with Crippen LogP contribution in [-0.2, 0) is 9.53 Å². The zero-order valence-corrected chi connectivity index (χ0v) is 12.6. The van der Waals surface area contributed by atoms with Gasteiger partial charge in [-0.2, -0.15) is 0 Å². The summed E-state index contributed by atoms with van der Waals surface area (Å²) in [6, 6.07) is 5.44. The molecule has 3 N–H and O–H groups in total. The van der Waals surface area contributed by atoms with Crippen molar-refractivity contribution in [2.24, 2.45) is 5.73 Å². The number of carbonyl (C=O) groups is 1. The number of benzene rings is 1. The zero-order valence-electron chi connectivity index (χ0n) is 11.8. The van der Waals surface area contributed by atoms with Crippen LogP contribution in [0.15, 0.2) is 18.2 Å². The van der Waals surface area contributed by atoms with Gasteiger partial charge in [0.25, 0.3) is 5.91 Å². The summed E-state index contributed by atoms with van der Waals surface area (Å²) in [5.74, 6) is 0.448. The average Bonchev–Trinajstić information content (AvgIpc) is 2.42. The van der Waals surface area contributed by atoms with Crippen LogP contribution in [0.4, 0.5) is 0 Å². The summed E-state index contributed by atoms with van der Waals surface area (Å²) in [6.45, 7) is 3.06. The molecule has 1 aromatic carbocycles. The molecule has 1 rings (SSSR count). The highest BCUT2D eigenvalue weighted by molar-refractivity contribution is 7.80. The third kappa shape index (κ3) is 5.54. The number of nitrogens with two attached hydrogens (primary N) is 1. The molecular weight excluding hydrogens is 276 g/mol. The van der Waals surface area contributed by atoms with Gasteiger partial charge >= 0.3 is 0 Å². The highest BCUT2D eigenvalue weighted by atomic mass is 32.1. The Morgan fingerprint density at radius 3 is 2.85 bits per heavy atom. The van der Waals surface area contributed by atoms with Crippen molar-refractivity contribution in [1.82, 2.24) is 5.32 Å². The summed E-state index contributed by atoms with van der Waals surface area (Å²) < 4.78 is 10.4. The first-order chi connectivity index (χ1) is 9.54. The number of methoxy groups -OCH3 is 1. The summed E-state index contributed by atoms with van der Waals surface area (Å²) in [4.78, 5) is 11.9. The van der Waals surface area contributed by atoms with Gasteiger partial charge in [0.1, 0.15) is 10.7 Å². The van der Waals surface area contributed by atoms with E-state index < -0.39 is 0 Å². The maximum atomic E-state index is 11.6. The summed E-state index contributed by atoms with van der Waals surface area (Å²) in [5.41, 5.74) is 7.22. The van der Waals surface area contributed by atoms with Gasteiger partial charge in [-0.3, -0.25) is 4.79 Å². The Kier molecular flexibility index (Phi) is 6.97. The van der Waals surface area contributed by atoms with Gasteiger partial charge < -0.3 is 20.5 Å². The number of thiocarbonyl (C=S) groups is 1. The molecule has 5 nitrogen and oxygen atoms in total. The number of ether oxygens (including phenoxy) is 2. The van der Waals surface area contributed by atoms with Gasteiger partial charge in [-0.05, 0) is 25.0 Å². The summed E-state index contributed by atoms with van der Waals surface area (Å²) >= 11 is 4.91. The van der Waals surface area contributed by atoms with Gasteiger partial charge in [-0.25, -0.2) is 0 Å². The Morgan fingerprint density at radius 2 is 2.20 bits per heavy atom. The van der Waals surface area contributed by atoms with Crippen molar-refractivity contribution in [1.29, 1.82) is 0 Å². The number of rotatable bonds is 8. The highest BCUT2D eigenvalue weighted by Gasteiger charge is 2.06. The van der Waals surface area contributed by atoms with Crippen LogP contribution >= 0.6 is 12.2 Å². The van der Waals surface area contributed by atoms with E-state index in [9.17, 15) is 4.79 Å². The molecule has 6 heteroatoms. The number of amides is 1. The van der Waals surface area contributed by atoms with E-state index in [0.29, 0.717) is 23.9 Å². The molecule has 20 heavy (non-hydrogen) atoms. The fourth-order valence-electron chi connectivity index (χ4n) is 1.55. The van der Waals surface area contributed by atoms with Crippen molar-refractivity contribution in [3.8, 4) is 5.75 Å². The second-order valence-corrected chi connectivity index (χ2v) is 4.77. The van der Waals surface area contributed by atoms with E-state index in [2.05, 4.69) is 5.32 Å². The molecule has 0 aliphatic heterocycles. The molecular formula is C14H20N2O3S. The standard InChI is InChI=1S/C14H20N2O3S/c1-10-4-5-11(14(15)20)8-12(10)19-9-13(17)16-6-3-7-18-2/h4-5,8H,3,6-7,9H2,1-2H3,(H2,15,20)(H,16,17). The lowest BCUT2D eigenvalue weighted by Gasteiger charge is -2.11. The molecule has 0 aliphatic carbocycles. The Labute approximate surface area is 124 Å². The van der Waals surface area contributed by atoms with Gasteiger partial charge in [0.05, 0.1) is 0 Å². The number of aryl methyl sites for hydroxylation is 1. The second kappa shape index (κ2) is 8.50. The summed E-state index contributed by atoms with van der Waals surface area (Å²) in [6.07, 6.45) is 0.776. The van der Waals surface area contributed by atoms with Gasteiger partial charge in [-0.15, -0.1) is 0 Å². The van der Waals surface area contributed by atoms with Gasteiger partial charge in [0.15, 0.2) is 6.61 Å². The average molecular weight is 296 g/mol. The molecule has 0 bridgehead atoms. The molecule has 0 saturated carbocycles. The minimum Gasteiger partial charge on any atom is -0.483 e. The lowest BCUT2D eigenvalue weighted by molar-refractivity contribution is -0.123. The fourth-order valence-corrected chi connectivity index (χ4v) is 1.67. The van der Waals surface area contributed by atoms with Crippen LogP contribution in [0, 0.1) is 6.92 Å². The van der Waals surface area contributed by atoms with E-state index in [-0.39, 0.29) is 12.5 Å². The second-order valence-electron chi connectivity index (χ2n) is 4.33. The van der Waals surface area contributed by atoms with Crippen molar-refractivity contribution in [2.75, 3.05) is 26.9 Å². The molecule has 0 radical (unpaired) electrons. The first-order valence-electron chi connectivity index (χ1n) is 6.33. The van der Waals surface area contributed by atoms with E-state index in [4.69, 9.17) is 27.4 Å². The normalized spacial score (nSPS) is 10.1. The molecule has 0 aliphatic rings. The van der Waals surface area contributed by atoms with Crippen LogP contribution in [0.1, 0.15) is 17.5 Å². The third-order valence-electron chi connectivity index (χ3n) is 2.68. The summed E-state index contributed by atoms with van der Waals surface area (Å²) in [7, 11) is 1.63. The smallest absolute Gasteiger partial charge is 0.257 e. The molecule has 110 valence electrons. The third-order valence-corrected chi connectivity index (χ3v) is 2.91. The van der Waals surface area contributed by atoms with Crippen molar-refractivity contribution in [2.45, 2.75) is 13.3 Å². The van der Waals surface area contributed by atoms with Crippen LogP contribution < -0.4 is 15.8 Å². The van der Waals surface area contributed by atoms with Crippen molar-refractivity contribution in [3.63, 3.8) is 0 Å². The molecule has 0 heterocycles. The molecule has 0 unspecified atom stereocenters. The van der Waals surface area contributed by atoms with E-state index >= 15 is 0 Å². The van der Waals surface area contributed by atoms with Crippen molar-refractivity contribution in [3.05, 3.63) is 29.3 Å². The number of carbonyl (C=O) groups excluding carboxylic acids is 1. The first-order valence-corrected chi connectivity index (χ1v) is 6.74. The van der Waals surface area contributed by atoms with Crippen molar-refractivity contribution >= 4 is 23.1 Å². The number of hydrogen-bond acceptors (Lipinski definition) is 4. The Bertz CT molecular complexity index is 477. The van der Waals surface area contributed by atoms with Crippen LogP contribution in [0.25, 0.3) is 0 Å². The summed E-state index contributed by atoms with van der Waals surface area (Å²) in [5, 5.41) is 2.75. The maximum Gasteiger partial charge on any atom is 0.257 e.